The van der Waals surface area contributed by atoms with Gasteiger partial charge in [-0.25, -0.2) is 0 Å². The summed E-state index contributed by atoms with van der Waals surface area (Å²) in [7, 11) is 0. The molecule has 0 saturated carbocycles. The average molecular weight is 72.1 g/mol. The smallest absolute Gasteiger partial charge is 0.0455 e. The molecule has 0 aliphatic carbocycles. The normalized spacial score (nSPS) is 24.0. The molecule has 2 nitrogen and oxygen atoms in total. The lowest BCUT2D eigenvalue weighted by Gasteiger charge is -1.77. The van der Waals surface area contributed by atoms with E-state index in [0.29, 0.717) is 0 Å². The van der Waals surface area contributed by atoms with Crippen LogP contribution in [0, 0.1) is 0 Å². The monoisotopic (exact) mass is 72.1 g/mol. The van der Waals surface area contributed by atoms with E-state index in [-0.39, 0.29) is 0 Å². The molecule has 0 aromatic heterocycles. The molecule has 1 heterocycles. The van der Waals surface area contributed by atoms with E-state index in [1.165, 1.54) is 0 Å². The Morgan fingerprint density at radius 2 is 1.60 bits per heavy atom. The van der Waals surface area contributed by atoms with Gasteiger partial charge in [0.25, 0.3) is 0 Å². The van der Waals surface area contributed by atoms with Crippen LogP contribution in [-0.4, -0.2) is 19.8 Å². The van der Waals surface area contributed by atoms with Gasteiger partial charge in [-0.1, -0.05) is 0 Å². The molecule has 0 unspecified atom stereocenters. The zero-order valence-corrected chi connectivity index (χ0v) is 3.12. The standard InChI is InChI=1S/C3H8N2/c1-2-5-3-4-1/h4-5H,1-3H2. The molecule has 0 radical (unpaired) electrons. The van der Waals surface area contributed by atoms with Gasteiger partial charge in [0.05, 0.1) is 0 Å². The van der Waals surface area contributed by atoms with Crippen molar-refractivity contribution in [3.8, 4) is 0 Å². The first-order valence-corrected chi connectivity index (χ1v) is 1.91. The molecule has 0 bridgehead atoms. The summed E-state index contributed by atoms with van der Waals surface area (Å²) in [6.45, 7) is 3.28. The molecule has 5 heavy (non-hydrogen) atoms. The van der Waals surface area contributed by atoms with Gasteiger partial charge in [0.2, 0.25) is 0 Å². The number of hydrogen-bond acceptors (Lipinski definition) is 2. The van der Waals surface area contributed by atoms with Crippen LogP contribution in [0.15, 0.2) is 0 Å². The van der Waals surface area contributed by atoms with Crippen LogP contribution in [0.1, 0.15) is 0 Å². The van der Waals surface area contributed by atoms with Crippen LogP contribution in [0.5, 0.6) is 0 Å². The topological polar surface area (TPSA) is 24.1 Å². The summed E-state index contributed by atoms with van der Waals surface area (Å²) in [5.41, 5.74) is 0. The van der Waals surface area contributed by atoms with Crippen molar-refractivity contribution in [3.05, 3.63) is 0 Å². The largest absolute Gasteiger partial charge is 0.303 e. The van der Waals surface area contributed by atoms with Crippen LogP contribution in [0.3, 0.4) is 0 Å². The molecule has 2 heteroatoms. The molecule has 1 aliphatic rings. The van der Waals surface area contributed by atoms with Crippen LogP contribution in [0.25, 0.3) is 0 Å². The quantitative estimate of drug-likeness (QED) is 0.389. The molecule has 0 atom stereocenters. The van der Waals surface area contributed by atoms with Crippen LogP contribution < -0.4 is 10.6 Å². The molecule has 0 amide bonds. The lowest BCUT2D eigenvalue weighted by atomic mass is 10.7. The maximum absolute atomic E-state index is 3.11. The fraction of sp³-hybridized carbons (Fsp3) is 1.00. The Hall–Kier alpha value is -0.0800. The zero-order chi connectivity index (χ0) is 3.54. The molecule has 0 spiro atoms. The van der Waals surface area contributed by atoms with Crippen molar-refractivity contribution in [1.82, 2.24) is 10.6 Å². The summed E-state index contributed by atoms with van der Waals surface area (Å²) in [5.74, 6) is 0. The lowest BCUT2D eigenvalue weighted by Crippen LogP contribution is -2.11. The van der Waals surface area contributed by atoms with Crippen LogP contribution in [-0.2, 0) is 0 Å². The van der Waals surface area contributed by atoms with E-state index in [1.54, 1.807) is 0 Å². The second-order valence-corrected chi connectivity index (χ2v) is 1.18. The zero-order valence-electron chi connectivity index (χ0n) is 3.12. The van der Waals surface area contributed by atoms with Gasteiger partial charge in [0.15, 0.2) is 0 Å². The third kappa shape index (κ3) is 0.597. The van der Waals surface area contributed by atoms with Gasteiger partial charge >= 0.3 is 0 Å². The summed E-state index contributed by atoms with van der Waals surface area (Å²) in [6, 6.07) is 0. The Kier molecular flexibility index (Phi) is 0.862. The first-order valence-electron chi connectivity index (χ1n) is 1.91. The second kappa shape index (κ2) is 1.38. The molecule has 1 saturated heterocycles. The highest BCUT2D eigenvalue weighted by Crippen LogP contribution is 1.62. The lowest BCUT2D eigenvalue weighted by molar-refractivity contribution is 0.807. The van der Waals surface area contributed by atoms with Gasteiger partial charge in [-0.15, -0.1) is 0 Å². The minimum Gasteiger partial charge on any atom is -0.303 e. The third-order valence-corrected chi connectivity index (χ3v) is 0.729. The molecule has 1 fully saturated rings. The van der Waals surface area contributed by atoms with Crippen molar-refractivity contribution in [2.45, 2.75) is 0 Å². The first kappa shape index (κ1) is 3.12. The summed E-state index contributed by atoms with van der Waals surface area (Å²) in [6.07, 6.45) is 0. The Morgan fingerprint density at radius 3 is 1.80 bits per heavy atom. The van der Waals surface area contributed by atoms with Crippen molar-refractivity contribution >= 4 is 0 Å². The van der Waals surface area contributed by atoms with Crippen LogP contribution in [0.2, 0.25) is 0 Å². The summed E-state index contributed by atoms with van der Waals surface area (Å²) >= 11 is 0. The van der Waals surface area contributed by atoms with Gasteiger partial charge in [-0.2, -0.15) is 0 Å². The first-order chi connectivity index (χ1) is 2.50. The van der Waals surface area contributed by atoms with Gasteiger partial charge < -0.3 is 10.6 Å². The van der Waals surface area contributed by atoms with Crippen LogP contribution in [0.4, 0.5) is 0 Å². The van der Waals surface area contributed by atoms with Gasteiger partial charge in [-0.3, -0.25) is 0 Å². The molecule has 0 aromatic rings. The maximum Gasteiger partial charge on any atom is 0.0455 e. The second-order valence-electron chi connectivity index (χ2n) is 1.18. The molecule has 1 rings (SSSR count). The summed E-state index contributed by atoms with van der Waals surface area (Å²) in [5, 5.41) is 6.22. The van der Waals surface area contributed by atoms with E-state index in [0.717, 1.165) is 19.8 Å². The molecule has 2 N–H and O–H groups in total. The third-order valence-electron chi connectivity index (χ3n) is 0.729. The molecular weight excluding hydrogens is 64.0 g/mol. The minimum absolute atomic E-state index is 1.00. The predicted octanol–water partition coefficient (Wildman–Crippen LogP) is -0.863. The highest BCUT2D eigenvalue weighted by molar-refractivity contribution is 4.55. The SMILES string of the molecule is C1CNCN1. The van der Waals surface area contributed by atoms with E-state index in [9.17, 15) is 0 Å². The van der Waals surface area contributed by atoms with E-state index in [4.69, 9.17) is 0 Å². The van der Waals surface area contributed by atoms with Crippen molar-refractivity contribution in [3.63, 3.8) is 0 Å². The Morgan fingerprint density at radius 1 is 1.00 bits per heavy atom. The molecule has 0 aromatic carbocycles. The van der Waals surface area contributed by atoms with Crippen LogP contribution >= 0.6 is 0 Å². The fourth-order valence-corrected chi connectivity index (χ4v) is 0.442. The highest BCUT2D eigenvalue weighted by atomic mass is 15.1. The highest BCUT2D eigenvalue weighted by Gasteiger charge is 1.90. The molecular formula is C3H8N2. The van der Waals surface area contributed by atoms with Crippen molar-refractivity contribution < 1.29 is 0 Å². The summed E-state index contributed by atoms with van der Waals surface area (Å²) < 4.78 is 0. The minimum atomic E-state index is 1.00. The number of nitrogens with one attached hydrogen (secondary N) is 2. The van der Waals surface area contributed by atoms with Crippen molar-refractivity contribution in [1.29, 1.82) is 0 Å². The van der Waals surface area contributed by atoms with Gasteiger partial charge in [0, 0.05) is 19.8 Å². The maximum atomic E-state index is 3.11. The number of hydrogen-bond donors (Lipinski definition) is 2. The average Bonchev–Trinajstić information content (AvgIpc) is 1.76. The molecule has 1 aliphatic heterocycles. The van der Waals surface area contributed by atoms with E-state index >= 15 is 0 Å². The number of rotatable bonds is 0. The van der Waals surface area contributed by atoms with Crippen molar-refractivity contribution in [2.24, 2.45) is 0 Å². The molecule has 30 valence electrons. The predicted molar refractivity (Wildman–Crippen MR) is 20.9 cm³/mol. The van der Waals surface area contributed by atoms with Gasteiger partial charge in [-0.05, 0) is 0 Å². The Bertz CT molecular complexity index is 16.5. The van der Waals surface area contributed by atoms with Crippen molar-refractivity contribution in [2.75, 3.05) is 19.8 Å². The van der Waals surface area contributed by atoms with E-state index in [1.807, 2.05) is 0 Å². The van der Waals surface area contributed by atoms with E-state index < -0.39 is 0 Å². The fourth-order valence-electron chi connectivity index (χ4n) is 0.442. The Balaban J connectivity index is 2.08. The summed E-state index contributed by atoms with van der Waals surface area (Å²) in [4.78, 5) is 0. The van der Waals surface area contributed by atoms with E-state index in [2.05, 4.69) is 10.6 Å². The Labute approximate surface area is 31.6 Å². The van der Waals surface area contributed by atoms with Gasteiger partial charge in [0.1, 0.15) is 0 Å².